The van der Waals surface area contributed by atoms with Crippen LogP contribution in [0, 0.1) is 5.41 Å². The molecule has 1 saturated carbocycles. The van der Waals surface area contributed by atoms with Crippen LogP contribution >= 0.6 is 0 Å². The Morgan fingerprint density at radius 1 is 1.20 bits per heavy atom. The van der Waals surface area contributed by atoms with Gasteiger partial charge in [0.15, 0.2) is 0 Å². The molecule has 2 aliphatic heterocycles. The first kappa shape index (κ1) is 12.2. The van der Waals surface area contributed by atoms with Crippen LogP contribution in [0.4, 0.5) is 5.69 Å². The lowest BCUT2D eigenvalue weighted by Gasteiger charge is -2.45. The first-order valence-corrected chi connectivity index (χ1v) is 7.61. The Labute approximate surface area is 120 Å². The van der Waals surface area contributed by atoms with Crippen molar-refractivity contribution in [2.75, 3.05) is 11.9 Å². The minimum Gasteiger partial charge on any atom is -0.362 e. The van der Waals surface area contributed by atoms with Crippen molar-refractivity contribution in [3.8, 4) is 0 Å². The molecule has 0 radical (unpaired) electrons. The van der Waals surface area contributed by atoms with Gasteiger partial charge in [0.2, 0.25) is 5.91 Å². The molecule has 2 atom stereocenters. The molecule has 3 heteroatoms. The number of fused-ring (bicyclic) bond motifs is 1. The second-order valence-corrected chi connectivity index (χ2v) is 7.24. The number of rotatable bonds is 0. The summed E-state index contributed by atoms with van der Waals surface area (Å²) in [5.74, 6) is 0.199. The number of anilines is 1. The zero-order valence-corrected chi connectivity index (χ0v) is 12.5. The van der Waals surface area contributed by atoms with E-state index in [1.807, 2.05) is 0 Å². The van der Waals surface area contributed by atoms with E-state index < -0.39 is 0 Å². The maximum absolute atomic E-state index is 12.2. The Kier molecular flexibility index (Phi) is 2.07. The topological polar surface area (TPSA) is 32.3 Å². The van der Waals surface area contributed by atoms with Gasteiger partial charge in [0.25, 0.3) is 0 Å². The fourth-order valence-corrected chi connectivity index (χ4v) is 5.43. The van der Waals surface area contributed by atoms with Crippen molar-refractivity contribution in [2.45, 2.75) is 51.1 Å². The van der Waals surface area contributed by atoms with Crippen molar-refractivity contribution in [2.24, 2.45) is 5.41 Å². The fraction of sp³-hybridized carbons (Fsp3) is 0.588. The number of nitrogens with one attached hydrogen (secondary N) is 1. The molecule has 1 amide bonds. The van der Waals surface area contributed by atoms with Gasteiger partial charge in [0, 0.05) is 24.6 Å². The van der Waals surface area contributed by atoms with Gasteiger partial charge in [-0.2, -0.15) is 0 Å². The van der Waals surface area contributed by atoms with Crippen LogP contribution in [-0.4, -0.2) is 23.0 Å². The number of para-hydroxylation sites is 1. The van der Waals surface area contributed by atoms with Crippen LogP contribution in [0.3, 0.4) is 0 Å². The second kappa shape index (κ2) is 3.38. The van der Waals surface area contributed by atoms with Gasteiger partial charge in [0.05, 0.1) is 0 Å². The normalized spacial score (nSPS) is 36.2. The smallest absolute Gasteiger partial charge is 0.221 e. The molecule has 3 aliphatic rings. The molecule has 4 rings (SSSR count). The van der Waals surface area contributed by atoms with E-state index in [0.717, 1.165) is 25.8 Å². The van der Waals surface area contributed by atoms with E-state index in [-0.39, 0.29) is 22.4 Å². The maximum atomic E-state index is 12.2. The van der Waals surface area contributed by atoms with Crippen molar-refractivity contribution in [3.63, 3.8) is 0 Å². The summed E-state index contributed by atoms with van der Waals surface area (Å²) in [7, 11) is 0. The number of carbonyl (C=O) groups is 1. The summed E-state index contributed by atoms with van der Waals surface area (Å²) in [5, 5.41) is 3.75. The number of nitrogens with zero attached hydrogens (tertiary/aromatic N) is 1. The highest BCUT2D eigenvalue weighted by Gasteiger charge is 2.73. The van der Waals surface area contributed by atoms with E-state index in [0.29, 0.717) is 0 Å². The van der Waals surface area contributed by atoms with Crippen LogP contribution in [0.1, 0.15) is 45.6 Å². The summed E-state index contributed by atoms with van der Waals surface area (Å²) in [6, 6.07) is 8.65. The Bertz CT molecular complexity index is 609. The molecule has 3 nitrogen and oxygen atoms in total. The van der Waals surface area contributed by atoms with Crippen LogP contribution < -0.4 is 5.32 Å². The average Bonchev–Trinajstić information content (AvgIpc) is 2.93. The zero-order valence-electron chi connectivity index (χ0n) is 12.5. The van der Waals surface area contributed by atoms with E-state index in [1.165, 1.54) is 11.3 Å². The molecule has 0 spiro atoms. The SMILES string of the molecule is CC(=O)N1CC[C@@]23c4ccccc4N[C@@]12CCC3(C)C. The summed E-state index contributed by atoms with van der Waals surface area (Å²) in [6.07, 6.45) is 3.29. The largest absolute Gasteiger partial charge is 0.362 e. The third-order valence-corrected chi connectivity index (χ3v) is 6.25. The fourth-order valence-electron chi connectivity index (χ4n) is 5.43. The van der Waals surface area contributed by atoms with Crippen molar-refractivity contribution in [1.29, 1.82) is 0 Å². The molecule has 106 valence electrons. The van der Waals surface area contributed by atoms with Crippen LogP contribution in [0.15, 0.2) is 24.3 Å². The molecular formula is C17H22N2O. The van der Waals surface area contributed by atoms with Gasteiger partial charge in [0.1, 0.15) is 5.66 Å². The zero-order chi connectivity index (χ0) is 14.2. The van der Waals surface area contributed by atoms with Crippen molar-refractivity contribution in [3.05, 3.63) is 29.8 Å². The Morgan fingerprint density at radius 2 is 1.95 bits per heavy atom. The van der Waals surface area contributed by atoms with Gasteiger partial charge in [-0.15, -0.1) is 0 Å². The summed E-state index contributed by atoms with van der Waals surface area (Å²) < 4.78 is 0. The summed E-state index contributed by atoms with van der Waals surface area (Å²) in [4.78, 5) is 14.3. The van der Waals surface area contributed by atoms with Gasteiger partial charge in [-0.25, -0.2) is 0 Å². The third-order valence-electron chi connectivity index (χ3n) is 6.25. The number of benzene rings is 1. The Hall–Kier alpha value is -1.51. The predicted molar refractivity (Wildman–Crippen MR) is 79.5 cm³/mol. The summed E-state index contributed by atoms with van der Waals surface area (Å²) >= 11 is 0. The molecule has 1 N–H and O–H groups in total. The predicted octanol–water partition coefficient (Wildman–Crippen LogP) is 3.12. The lowest BCUT2D eigenvalue weighted by atomic mass is 9.61. The number of hydrogen-bond donors (Lipinski definition) is 1. The standard InChI is InChI=1S/C17H22N2O/c1-12(20)19-11-10-16-13-6-4-5-7-14(13)18-17(16,19)9-8-15(16,2)3/h4-7,18H,8-11H2,1-3H3/t16-,17-/m0/s1. The number of likely N-dealkylation sites (tertiary alicyclic amines) is 1. The van der Waals surface area contributed by atoms with Crippen LogP contribution in [-0.2, 0) is 10.2 Å². The highest BCUT2D eigenvalue weighted by atomic mass is 16.2. The number of amides is 1. The molecule has 0 aromatic heterocycles. The molecule has 1 saturated heterocycles. The highest BCUT2D eigenvalue weighted by Crippen LogP contribution is 2.70. The number of hydrogen-bond acceptors (Lipinski definition) is 2. The Morgan fingerprint density at radius 3 is 2.70 bits per heavy atom. The van der Waals surface area contributed by atoms with Gasteiger partial charge in [-0.05, 0) is 36.3 Å². The summed E-state index contributed by atoms with van der Waals surface area (Å²) in [6.45, 7) is 7.34. The molecule has 2 heterocycles. The molecule has 0 bridgehead atoms. The van der Waals surface area contributed by atoms with Crippen molar-refractivity contribution >= 4 is 11.6 Å². The molecule has 1 aromatic rings. The van der Waals surface area contributed by atoms with Gasteiger partial charge >= 0.3 is 0 Å². The Balaban J connectivity index is 2.00. The molecule has 1 aromatic carbocycles. The van der Waals surface area contributed by atoms with Gasteiger partial charge in [-0.3, -0.25) is 4.79 Å². The van der Waals surface area contributed by atoms with Crippen LogP contribution in [0.25, 0.3) is 0 Å². The number of carbonyl (C=O) groups excluding carboxylic acids is 1. The van der Waals surface area contributed by atoms with E-state index in [1.54, 1.807) is 6.92 Å². The molecular weight excluding hydrogens is 248 g/mol. The lowest BCUT2D eigenvalue weighted by molar-refractivity contribution is -0.132. The minimum atomic E-state index is -0.188. The van der Waals surface area contributed by atoms with Crippen molar-refractivity contribution < 1.29 is 4.79 Å². The highest BCUT2D eigenvalue weighted by molar-refractivity contribution is 5.79. The third kappa shape index (κ3) is 1.05. The average molecular weight is 270 g/mol. The van der Waals surface area contributed by atoms with Crippen LogP contribution in [0.2, 0.25) is 0 Å². The first-order chi connectivity index (χ1) is 9.45. The molecule has 0 unspecified atom stereocenters. The van der Waals surface area contributed by atoms with E-state index in [9.17, 15) is 4.79 Å². The van der Waals surface area contributed by atoms with Gasteiger partial charge < -0.3 is 10.2 Å². The van der Waals surface area contributed by atoms with Gasteiger partial charge in [-0.1, -0.05) is 32.0 Å². The molecule has 1 aliphatic carbocycles. The van der Waals surface area contributed by atoms with E-state index in [2.05, 4.69) is 48.3 Å². The van der Waals surface area contributed by atoms with E-state index >= 15 is 0 Å². The second-order valence-electron chi connectivity index (χ2n) is 7.24. The van der Waals surface area contributed by atoms with Crippen molar-refractivity contribution in [1.82, 2.24) is 4.90 Å². The van der Waals surface area contributed by atoms with E-state index in [4.69, 9.17) is 0 Å². The quantitative estimate of drug-likeness (QED) is 0.785. The molecule has 2 fully saturated rings. The lowest BCUT2D eigenvalue weighted by Crippen LogP contribution is -2.58. The maximum Gasteiger partial charge on any atom is 0.221 e. The monoisotopic (exact) mass is 270 g/mol. The van der Waals surface area contributed by atoms with Crippen LogP contribution in [0.5, 0.6) is 0 Å². The first-order valence-electron chi connectivity index (χ1n) is 7.61. The minimum absolute atomic E-state index is 0.0717. The summed E-state index contributed by atoms with van der Waals surface area (Å²) in [5.41, 5.74) is 2.75. The molecule has 20 heavy (non-hydrogen) atoms.